The molecule has 1 atom stereocenters. The van der Waals surface area contributed by atoms with E-state index >= 15 is 0 Å². The van der Waals surface area contributed by atoms with Crippen LogP contribution < -0.4 is 20.7 Å². The highest BCUT2D eigenvalue weighted by atomic mass is 16.5. The van der Waals surface area contributed by atoms with Crippen molar-refractivity contribution < 1.29 is 19.1 Å². The van der Waals surface area contributed by atoms with Crippen LogP contribution in [-0.4, -0.2) is 37.7 Å². The lowest BCUT2D eigenvalue weighted by molar-refractivity contribution is -0.116. The number of carbonyl (C=O) groups is 2. The van der Waals surface area contributed by atoms with E-state index in [1.165, 1.54) is 0 Å². The third-order valence-corrected chi connectivity index (χ3v) is 4.90. The van der Waals surface area contributed by atoms with Gasteiger partial charge in [-0.25, -0.2) is 0 Å². The highest BCUT2D eigenvalue weighted by Crippen LogP contribution is 2.25. The van der Waals surface area contributed by atoms with Crippen LogP contribution in [0.4, 0.5) is 17.1 Å². The van der Waals surface area contributed by atoms with Crippen molar-refractivity contribution in [1.82, 2.24) is 0 Å². The van der Waals surface area contributed by atoms with Crippen LogP contribution in [0.5, 0.6) is 5.75 Å². The molecule has 7 nitrogen and oxygen atoms in total. The predicted octanol–water partition coefficient (Wildman–Crippen LogP) is 3.95. The molecule has 1 heterocycles. The number of anilines is 3. The van der Waals surface area contributed by atoms with Gasteiger partial charge in [0.25, 0.3) is 0 Å². The molecular formula is C23H29N3O4. The number of carbonyl (C=O) groups excluding carboxylic acids is 2. The summed E-state index contributed by atoms with van der Waals surface area (Å²) in [7, 11) is 0. The second kappa shape index (κ2) is 10.6. The molecule has 0 saturated carbocycles. The van der Waals surface area contributed by atoms with Gasteiger partial charge in [0.1, 0.15) is 12.4 Å². The van der Waals surface area contributed by atoms with Crippen LogP contribution in [-0.2, 0) is 14.3 Å². The van der Waals surface area contributed by atoms with Crippen molar-refractivity contribution in [3.63, 3.8) is 0 Å². The Morgan fingerprint density at radius 2 is 1.90 bits per heavy atom. The molecule has 0 aliphatic carbocycles. The number of hydrogen-bond acceptors (Lipinski definition) is 5. The van der Waals surface area contributed by atoms with E-state index in [9.17, 15) is 9.59 Å². The van der Waals surface area contributed by atoms with Crippen molar-refractivity contribution in [3.05, 3.63) is 48.0 Å². The summed E-state index contributed by atoms with van der Waals surface area (Å²) in [6.07, 6.45) is 2.57. The van der Waals surface area contributed by atoms with Crippen LogP contribution in [0.25, 0.3) is 0 Å². The van der Waals surface area contributed by atoms with E-state index in [0.29, 0.717) is 24.5 Å². The summed E-state index contributed by atoms with van der Waals surface area (Å²) in [4.78, 5) is 24.1. The Balaban J connectivity index is 1.55. The number of benzene rings is 2. The van der Waals surface area contributed by atoms with Crippen molar-refractivity contribution in [2.45, 2.75) is 39.2 Å². The van der Waals surface area contributed by atoms with Crippen molar-refractivity contribution >= 4 is 28.9 Å². The van der Waals surface area contributed by atoms with Crippen LogP contribution in [0, 0.1) is 6.92 Å². The second-order valence-electron chi connectivity index (χ2n) is 7.28. The fourth-order valence-electron chi connectivity index (χ4n) is 3.14. The maximum atomic E-state index is 12.5. The standard InChI is InChI=1S/C23H29N3O4/c1-3-22(27)26-20-13-17(11-10-16(20)2)24-14-23(28)25-19-8-4-5-9-21(19)30-15-18-7-6-12-29-18/h4-5,8-11,13,18,24H,3,6-7,12,14-15H2,1-2H3,(H,25,28)(H,26,27). The van der Waals surface area contributed by atoms with Crippen molar-refractivity contribution in [2.75, 3.05) is 35.7 Å². The molecule has 2 aromatic rings. The molecule has 30 heavy (non-hydrogen) atoms. The van der Waals surface area contributed by atoms with E-state index in [2.05, 4.69) is 16.0 Å². The lowest BCUT2D eigenvalue weighted by Crippen LogP contribution is -2.23. The molecule has 2 aromatic carbocycles. The molecule has 1 fully saturated rings. The second-order valence-corrected chi connectivity index (χ2v) is 7.28. The van der Waals surface area contributed by atoms with E-state index in [0.717, 1.165) is 36.4 Å². The normalized spacial score (nSPS) is 15.5. The van der Waals surface area contributed by atoms with Crippen molar-refractivity contribution in [3.8, 4) is 5.75 Å². The summed E-state index contributed by atoms with van der Waals surface area (Å²) in [6, 6.07) is 13.0. The van der Waals surface area contributed by atoms with Gasteiger partial charge in [0, 0.05) is 24.4 Å². The number of ether oxygens (including phenoxy) is 2. The molecule has 3 N–H and O–H groups in total. The fourth-order valence-corrected chi connectivity index (χ4v) is 3.14. The van der Waals surface area contributed by atoms with Gasteiger partial charge in [-0.3, -0.25) is 9.59 Å². The van der Waals surface area contributed by atoms with Crippen LogP contribution in [0.2, 0.25) is 0 Å². The first-order valence-corrected chi connectivity index (χ1v) is 10.3. The zero-order chi connectivity index (χ0) is 21.3. The minimum absolute atomic E-state index is 0.0485. The fraction of sp³-hybridized carbons (Fsp3) is 0.391. The molecule has 3 rings (SSSR count). The molecule has 1 aliphatic heterocycles. The molecule has 7 heteroatoms. The molecule has 1 unspecified atom stereocenters. The summed E-state index contributed by atoms with van der Waals surface area (Å²) in [5.41, 5.74) is 3.08. The highest BCUT2D eigenvalue weighted by molar-refractivity contribution is 5.95. The lowest BCUT2D eigenvalue weighted by Gasteiger charge is -2.15. The van der Waals surface area contributed by atoms with Gasteiger partial charge in [-0.2, -0.15) is 0 Å². The van der Waals surface area contributed by atoms with E-state index in [1.807, 2.05) is 49.4 Å². The summed E-state index contributed by atoms with van der Waals surface area (Å²) in [5, 5.41) is 8.85. The van der Waals surface area contributed by atoms with Gasteiger partial charge < -0.3 is 25.4 Å². The number of hydrogen-bond donors (Lipinski definition) is 3. The number of aryl methyl sites for hydroxylation is 1. The summed E-state index contributed by atoms with van der Waals surface area (Å²) in [6.45, 7) is 5.07. The highest BCUT2D eigenvalue weighted by Gasteiger charge is 2.17. The van der Waals surface area contributed by atoms with Crippen LogP contribution in [0.3, 0.4) is 0 Å². The Hall–Kier alpha value is -3.06. The topological polar surface area (TPSA) is 88.7 Å². The van der Waals surface area contributed by atoms with Gasteiger partial charge in [-0.15, -0.1) is 0 Å². The first-order valence-electron chi connectivity index (χ1n) is 10.3. The van der Waals surface area contributed by atoms with Gasteiger partial charge in [-0.1, -0.05) is 25.1 Å². The van der Waals surface area contributed by atoms with Gasteiger partial charge in [0.05, 0.1) is 18.3 Å². The zero-order valence-electron chi connectivity index (χ0n) is 17.5. The average Bonchev–Trinajstić information content (AvgIpc) is 3.27. The summed E-state index contributed by atoms with van der Waals surface area (Å²) < 4.78 is 11.4. The molecular weight excluding hydrogens is 382 g/mol. The molecule has 1 saturated heterocycles. The predicted molar refractivity (Wildman–Crippen MR) is 118 cm³/mol. The Bertz CT molecular complexity index is 879. The summed E-state index contributed by atoms with van der Waals surface area (Å²) in [5.74, 6) is 0.386. The largest absolute Gasteiger partial charge is 0.489 e. The lowest BCUT2D eigenvalue weighted by atomic mass is 10.1. The maximum Gasteiger partial charge on any atom is 0.243 e. The zero-order valence-corrected chi connectivity index (χ0v) is 17.5. The van der Waals surface area contributed by atoms with Gasteiger partial charge in [-0.05, 0) is 49.6 Å². The number of nitrogens with one attached hydrogen (secondary N) is 3. The molecule has 0 aromatic heterocycles. The van der Waals surface area contributed by atoms with Crippen LogP contribution >= 0.6 is 0 Å². The minimum atomic E-state index is -0.192. The first kappa shape index (κ1) is 21.6. The number of para-hydroxylation sites is 2. The SMILES string of the molecule is CCC(=O)Nc1cc(NCC(=O)Nc2ccccc2OCC2CCCO2)ccc1C. The Morgan fingerprint density at radius 1 is 1.10 bits per heavy atom. The molecule has 0 spiro atoms. The molecule has 1 aliphatic rings. The Morgan fingerprint density at radius 3 is 2.67 bits per heavy atom. The monoisotopic (exact) mass is 411 g/mol. The number of rotatable bonds is 9. The Kier molecular flexibility index (Phi) is 7.68. The van der Waals surface area contributed by atoms with Crippen molar-refractivity contribution in [2.24, 2.45) is 0 Å². The van der Waals surface area contributed by atoms with Crippen molar-refractivity contribution in [1.29, 1.82) is 0 Å². The van der Waals surface area contributed by atoms with Crippen LogP contribution in [0.15, 0.2) is 42.5 Å². The maximum absolute atomic E-state index is 12.5. The van der Waals surface area contributed by atoms with Gasteiger partial charge in [0.15, 0.2) is 0 Å². The number of amides is 2. The minimum Gasteiger partial charge on any atom is -0.489 e. The Labute approximate surface area is 177 Å². The third kappa shape index (κ3) is 6.22. The molecule has 0 radical (unpaired) electrons. The third-order valence-electron chi connectivity index (χ3n) is 4.90. The summed E-state index contributed by atoms with van der Waals surface area (Å²) >= 11 is 0. The molecule has 0 bridgehead atoms. The van der Waals surface area contributed by atoms with E-state index in [4.69, 9.17) is 9.47 Å². The van der Waals surface area contributed by atoms with Gasteiger partial charge in [0.2, 0.25) is 11.8 Å². The smallest absolute Gasteiger partial charge is 0.243 e. The quantitative estimate of drug-likeness (QED) is 0.581. The van der Waals surface area contributed by atoms with E-state index in [1.54, 1.807) is 6.92 Å². The first-order chi connectivity index (χ1) is 14.5. The van der Waals surface area contributed by atoms with E-state index in [-0.39, 0.29) is 24.5 Å². The van der Waals surface area contributed by atoms with Crippen LogP contribution in [0.1, 0.15) is 31.7 Å². The molecule has 160 valence electrons. The average molecular weight is 412 g/mol. The molecule has 2 amide bonds. The van der Waals surface area contributed by atoms with E-state index < -0.39 is 0 Å². The van der Waals surface area contributed by atoms with Gasteiger partial charge >= 0.3 is 0 Å².